The Morgan fingerprint density at radius 1 is 1.57 bits per heavy atom. The smallest absolute Gasteiger partial charge is 0.318 e. The fourth-order valence-corrected chi connectivity index (χ4v) is 1.28. The zero-order chi connectivity index (χ0) is 9.84. The number of rotatable bonds is 2. The average Bonchev–Trinajstić information content (AvgIpc) is 2.03. The highest BCUT2D eigenvalue weighted by molar-refractivity contribution is 5.99. The van der Waals surface area contributed by atoms with Crippen molar-refractivity contribution < 1.29 is 14.3 Å². The second-order valence-corrected chi connectivity index (χ2v) is 3.46. The van der Waals surface area contributed by atoms with Crippen molar-refractivity contribution in [3.05, 3.63) is 0 Å². The lowest BCUT2D eigenvalue weighted by Gasteiger charge is -2.21. The molecule has 1 fully saturated rings. The maximum Gasteiger partial charge on any atom is 0.318 e. The number of carbonyl (C=O) groups is 2. The summed E-state index contributed by atoms with van der Waals surface area (Å²) in [5.41, 5.74) is 0. The SMILES string of the molecule is CC(C)OC(=O)C1CNCCC1=O.Cl. The van der Waals surface area contributed by atoms with E-state index in [0.29, 0.717) is 19.5 Å². The van der Waals surface area contributed by atoms with Crippen LogP contribution in [0.25, 0.3) is 0 Å². The van der Waals surface area contributed by atoms with E-state index in [0.717, 1.165) is 0 Å². The van der Waals surface area contributed by atoms with Crippen LogP contribution in [0.4, 0.5) is 0 Å². The van der Waals surface area contributed by atoms with Crippen molar-refractivity contribution in [2.24, 2.45) is 5.92 Å². The monoisotopic (exact) mass is 221 g/mol. The summed E-state index contributed by atoms with van der Waals surface area (Å²) in [6.07, 6.45) is 0.278. The van der Waals surface area contributed by atoms with Gasteiger partial charge in [0.15, 0.2) is 0 Å². The van der Waals surface area contributed by atoms with Gasteiger partial charge >= 0.3 is 5.97 Å². The molecular formula is C9H16ClNO3. The van der Waals surface area contributed by atoms with E-state index < -0.39 is 11.9 Å². The van der Waals surface area contributed by atoms with E-state index in [1.807, 2.05) is 0 Å². The Bertz CT molecular complexity index is 218. The van der Waals surface area contributed by atoms with Crippen LogP contribution in [-0.4, -0.2) is 30.9 Å². The molecule has 82 valence electrons. The number of halogens is 1. The minimum absolute atomic E-state index is 0. The highest BCUT2D eigenvalue weighted by Crippen LogP contribution is 2.09. The topological polar surface area (TPSA) is 55.4 Å². The molecule has 1 rings (SSSR count). The van der Waals surface area contributed by atoms with Crippen molar-refractivity contribution in [2.75, 3.05) is 13.1 Å². The largest absolute Gasteiger partial charge is 0.462 e. The van der Waals surface area contributed by atoms with Crippen LogP contribution in [0.5, 0.6) is 0 Å². The number of hydrogen-bond donors (Lipinski definition) is 1. The molecule has 1 N–H and O–H groups in total. The third kappa shape index (κ3) is 3.64. The summed E-state index contributed by atoms with van der Waals surface area (Å²) in [4.78, 5) is 22.6. The Labute approximate surface area is 89.8 Å². The molecule has 0 radical (unpaired) electrons. The molecule has 0 saturated carbocycles. The van der Waals surface area contributed by atoms with Crippen LogP contribution in [0.1, 0.15) is 20.3 Å². The van der Waals surface area contributed by atoms with Crippen LogP contribution < -0.4 is 5.32 Å². The molecule has 1 saturated heterocycles. The van der Waals surface area contributed by atoms with Gasteiger partial charge in [-0.3, -0.25) is 9.59 Å². The highest BCUT2D eigenvalue weighted by atomic mass is 35.5. The van der Waals surface area contributed by atoms with Crippen LogP contribution in [0, 0.1) is 5.92 Å². The molecule has 1 unspecified atom stereocenters. The number of ether oxygens (including phenoxy) is 1. The van der Waals surface area contributed by atoms with Crippen molar-refractivity contribution in [1.29, 1.82) is 0 Å². The molecule has 1 heterocycles. The van der Waals surface area contributed by atoms with Crippen LogP contribution >= 0.6 is 12.4 Å². The van der Waals surface area contributed by atoms with Gasteiger partial charge in [-0.2, -0.15) is 0 Å². The molecule has 5 heteroatoms. The fourth-order valence-electron chi connectivity index (χ4n) is 1.28. The molecule has 14 heavy (non-hydrogen) atoms. The first kappa shape index (κ1) is 13.4. The summed E-state index contributed by atoms with van der Waals surface area (Å²) in [5.74, 6) is -0.993. The maximum absolute atomic E-state index is 11.3. The molecule has 0 amide bonds. The van der Waals surface area contributed by atoms with E-state index in [9.17, 15) is 9.59 Å². The van der Waals surface area contributed by atoms with Crippen LogP contribution in [0.15, 0.2) is 0 Å². The third-order valence-corrected chi connectivity index (χ3v) is 1.92. The number of nitrogens with one attached hydrogen (secondary N) is 1. The summed E-state index contributed by atoms with van der Waals surface area (Å²) in [7, 11) is 0. The summed E-state index contributed by atoms with van der Waals surface area (Å²) in [6, 6.07) is 0. The van der Waals surface area contributed by atoms with Gasteiger partial charge in [0.2, 0.25) is 0 Å². The van der Waals surface area contributed by atoms with E-state index in [1.165, 1.54) is 0 Å². The molecule has 0 spiro atoms. The van der Waals surface area contributed by atoms with Gasteiger partial charge in [0.1, 0.15) is 11.7 Å². The van der Waals surface area contributed by atoms with E-state index in [-0.39, 0.29) is 24.3 Å². The van der Waals surface area contributed by atoms with Gasteiger partial charge in [-0.1, -0.05) is 0 Å². The third-order valence-electron chi connectivity index (χ3n) is 1.92. The van der Waals surface area contributed by atoms with E-state index in [4.69, 9.17) is 4.74 Å². The van der Waals surface area contributed by atoms with Gasteiger partial charge in [-0.15, -0.1) is 12.4 Å². The van der Waals surface area contributed by atoms with Crippen LogP contribution in [0.3, 0.4) is 0 Å². The summed E-state index contributed by atoms with van der Waals surface area (Å²) < 4.78 is 4.96. The van der Waals surface area contributed by atoms with Gasteiger partial charge in [-0.25, -0.2) is 0 Å². The first-order valence-electron chi connectivity index (χ1n) is 4.55. The Morgan fingerprint density at radius 2 is 2.21 bits per heavy atom. The predicted octanol–water partition coefficient (Wildman–Crippen LogP) is 0.538. The Kier molecular flexibility index (Phi) is 5.72. The standard InChI is InChI=1S/C9H15NO3.ClH/c1-6(2)13-9(12)7-5-10-4-3-8(7)11;/h6-7,10H,3-5H2,1-2H3;1H. The lowest BCUT2D eigenvalue weighted by Crippen LogP contribution is -2.42. The van der Waals surface area contributed by atoms with Crippen LogP contribution in [-0.2, 0) is 14.3 Å². The number of carbonyl (C=O) groups excluding carboxylic acids is 2. The molecule has 1 atom stereocenters. The van der Waals surface area contributed by atoms with Gasteiger partial charge in [0, 0.05) is 19.5 Å². The second kappa shape index (κ2) is 5.98. The zero-order valence-corrected chi connectivity index (χ0v) is 9.23. The molecule has 1 aliphatic heterocycles. The molecular weight excluding hydrogens is 206 g/mol. The summed E-state index contributed by atoms with van der Waals surface area (Å²) in [5, 5.41) is 3.00. The minimum Gasteiger partial charge on any atom is -0.462 e. The lowest BCUT2D eigenvalue weighted by molar-refractivity contribution is -0.155. The first-order valence-corrected chi connectivity index (χ1v) is 4.55. The number of piperidine rings is 1. The Morgan fingerprint density at radius 3 is 2.71 bits per heavy atom. The number of hydrogen-bond acceptors (Lipinski definition) is 4. The predicted molar refractivity (Wildman–Crippen MR) is 54.5 cm³/mol. The Hall–Kier alpha value is -0.610. The molecule has 0 aromatic carbocycles. The quantitative estimate of drug-likeness (QED) is 0.546. The number of esters is 1. The van der Waals surface area contributed by atoms with Crippen molar-refractivity contribution in [3.63, 3.8) is 0 Å². The molecule has 0 aromatic heterocycles. The maximum atomic E-state index is 11.3. The van der Waals surface area contributed by atoms with E-state index >= 15 is 0 Å². The van der Waals surface area contributed by atoms with Gasteiger partial charge in [-0.05, 0) is 13.8 Å². The van der Waals surface area contributed by atoms with E-state index in [1.54, 1.807) is 13.8 Å². The summed E-state index contributed by atoms with van der Waals surface area (Å²) in [6.45, 7) is 4.64. The fraction of sp³-hybridized carbons (Fsp3) is 0.778. The number of ketones is 1. The van der Waals surface area contributed by atoms with Gasteiger partial charge in [0.05, 0.1) is 6.10 Å². The van der Waals surface area contributed by atoms with Crippen LogP contribution in [0.2, 0.25) is 0 Å². The minimum atomic E-state index is -0.587. The van der Waals surface area contributed by atoms with Crippen molar-refractivity contribution in [2.45, 2.75) is 26.4 Å². The first-order chi connectivity index (χ1) is 6.11. The number of Topliss-reactive ketones (excluding diaryl/α,β-unsaturated/α-hetero) is 1. The molecule has 0 aliphatic carbocycles. The van der Waals surface area contributed by atoms with Gasteiger partial charge in [0.25, 0.3) is 0 Å². The van der Waals surface area contributed by atoms with Crippen molar-refractivity contribution >= 4 is 24.2 Å². The lowest BCUT2D eigenvalue weighted by atomic mass is 9.98. The van der Waals surface area contributed by atoms with Crippen molar-refractivity contribution in [3.8, 4) is 0 Å². The molecule has 0 aromatic rings. The highest BCUT2D eigenvalue weighted by Gasteiger charge is 2.30. The summed E-state index contributed by atoms with van der Waals surface area (Å²) >= 11 is 0. The Balaban J connectivity index is 0.00000169. The van der Waals surface area contributed by atoms with Gasteiger partial charge < -0.3 is 10.1 Å². The molecule has 1 aliphatic rings. The van der Waals surface area contributed by atoms with E-state index in [2.05, 4.69) is 5.32 Å². The molecule has 4 nitrogen and oxygen atoms in total. The molecule has 0 bridgehead atoms. The second-order valence-electron chi connectivity index (χ2n) is 3.46. The normalized spacial score (nSPS) is 21.6. The average molecular weight is 222 g/mol. The van der Waals surface area contributed by atoms with Crippen molar-refractivity contribution in [1.82, 2.24) is 5.32 Å². The zero-order valence-electron chi connectivity index (χ0n) is 8.41.